The summed E-state index contributed by atoms with van der Waals surface area (Å²) in [6, 6.07) is 3.90. The lowest BCUT2D eigenvalue weighted by atomic mass is 10.2. The van der Waals surface area contributed by atoms with Gasteiger partial charge in [0.2, 0.25) is 0 Å². The van der Waals surface area contributed by atoms with Crippen molar-refractivity contribution in [3.05, 3.63) is 35.3 Å². The van der Waals surface area contributed by atoms with E-state index in [9.17, 15) is 0 Å². The van der Waals surface area contributed by atoms with Crippen molar-refractivity contribution in [3.63, 3.8) is 0 Å². The van der Waals surface area contributed by atoms with E-state index in [-0.39, 0.29) is 0 Å². The number of nitrogens with zero attached hydrogens (tertiary/aromatic N) is 4. The molecular formula is C9H5BrN4. The van der Waals surface area contributed by atoms with Gasteiger partial charge in [0.1, 0.15) is 11.8 Å². The van der Waals surface area contributed by atoms with Crippen molar-refractivity contribution < 1.29 is 0 Å². The van der Waals surface area contributed by atoms with Crippen LogP contribution >= 0.6 is 15.9 Å². The summed E-state index contributed by atoms with van der Waals surface area (Å²) in [6.07, 6.45) is 5.34. The second-order valence-electron chi connectivity index (χ2n) is 2.94. The normalized spacial score (nSPS) is 11.2. The van der Waals surface area contributed by atoms with Gasteiger partial charge in [-0.05, 0) is 28.1 Å². The molecule has 4 nitrogen and oxygen atoms in total. The van der Waals surface area contributed by atoms with Crippen LogP contribution in [0.25, 0.3) is 16.6 Å². The van der Waals surface area contributed by atoms with Gasteiger partial charge in [-0.15, -0.1) is 10.2 Å². The number of rotatable bonds is 0. The predicted octanol–water partition coefficient (Wildman–Crippen LogP) is 2.04. The Labute approximate surface area is 87.7 Å². The molecule has 0 spiro atoms. The van der Waals surface area contributed by atoms with E-state index >= 15 is 0 Å². The maximum atomic E-state index is 4.29. The van der Waals surface area contributed by atoms with Crippen LogP contribution in [0.1, 0.15) is 0 Å². The fourth-order valence-electron chi connectivity index (χ4n) is 1.47. The largest absolute Gasteiger partial charge is 0.286 e. The van der Waals surface area contributed by atoms with Crippen LogP contribution in [0.5, 0.6) is 0 Å². The molecule has 0 saturated carbocycles. The van der Waals surface area contributed by atoms with Crippen molar-refractivity contribution >= 4 is 32.5 Å². The SMILES string of the molecule is Brc1cn2cnnc2c2ncccc12. The highest BCUT2D eigenvalue weighted by atomic mass is 79.9. The lowest BCUT2D eigenvalue weighted by molar-refractivity contribution is 1.10. The molecule has 3 heterocycles. The van der Waals surface area contributed by atoms with Crippen molar-refractivity contribution in [2.75, 3.05) is 0 Å². The third-order valence-electron chi connectivity index (χ3n) is 2.10. The molecule has 0 atom stereocenters. The molecule has 0 aliphatic heterocycles. The smallest absolute Gasteiger partial charge is 0.187 e. The zero-order valence-corrected chi connectivity index (χ0v) is 8.64. The van der Waals surface area contributed by atoms with Crippen molar-refractivity contribution in [2.24, 2.45) is 0 Å². The number of hydrogen-bond acceptors (Lipinski definition) is 3. The second kappa shape index (κ2) is 2.75. The van der Waals surface area contributed by atoms with Crippen LogP contribution in [0.15, 0.2) is 35.3 Å². The number of fused-ring (bicyclic) bond motifs is 3. The van der Waals surface area contributed by atoms with Gasteiger partial charge in [-0.1, -0.05) is 0 Å². The van der Waals surface area contributed by atoms with Gasteiger partial charge in [0.25, 0.3) is 0 Å². The summed E-state index contributed by atoms with van der Waals surface area (Å²) < 4.78 is 2.84. The number of halogens is 1. The summed E-state index contributed by atoms with van der Waals surface area (Å²) in [6.45, 7) is 0. The van der Waals surface area contributed by atoms with Gasteiger partial charge in [0.15, 0.2) is 5.65 Å². The van der Waals surface area contributed by atoms with Crippen LogP contribution in [0.4, 0.5) is 0 Å². The lowest BCUT2D eigenvalue weighted by Crippen LogP contribution is -1.88. The van der Waals surface area contributed by atoms with Gasteiger partial charge in [-0.2, -0.15) is 0 Å². The molecule has 0 aliphatic rings. The summed E-state index contributed by atoms with van der Waals surface area (Å²) in [5.74, 6) is 0. The zero-order valence-electron chi connectivity index (χ0n) is 7.05. The summed E-state index contributed by atoms with van der Waals surface area (Å²) in [5.41, 5.74) is 1.64. The molecule has 0 N–H and O–H groups in total. The van der Waals surface area contributed by atoms with Gasteiger partial charge < -0.3 is 0 Å². The van der Waals surface area contributed by atoms with E-state index < -0.39 is 0 Å². The Bertz CT molecular complexity index is 616. The van der Waals surface area contributed by atoms with E-state index in [1.165, 1.54) is 0 Å². The molecule has 0 saturated heterocycles. The molecule has 0 fully saturated rings. The van der Waals surface area contributed by atoms with Gasteiger partial charge >= 0.3 is 0 Å². The van der Waals surface area contributed by atoms with Gasteiger partial charge in [-0.3, -0.25) is 9.38 Å². The van der Waals surface area contributed by atoms with E-state index in [0.717, 1.165) is 21.0 Å². The van der Waals surface area contributed by atoms with E-state index in [1.807, 2.05) is 22.7 Å². The van der Waals surface area contributed by atoms with Gasteiger partial charge in [0, 0.05) is 22.3 Å². The molecule has 3 aromatic heterocycles. The van der Waals surface area contributed by atoms with Gasteiger partial charge in [-0.25, -0.2) is 0 Å². The standard InChI is InChI=1S/C9H5BrN4/c10-7-4-14-5-12-13-9(14)8-6(7)2-1-3-11-8/h1-5H. The van der Waals surface area contributed by atoms with E-state index in [4.69, 9.17) is 0 Å². The van der Waals surface area contributed by atoms with Crippen molar-refractivity contribution in [1.82, 2.24) is 19.6 Å². The minimum atomic E-state index is 0.781. The highest BCUT2D eigenvalue weighted by molar-refractivity contribution is 9.10. The second-order valence-corrected chi connectivity index (χ2v) is 3.79. The summed E-state index contributed by atoms with van der Waals surface area (Å²) in [4.78, 5) is 4.29. The minimum Gasteiger partial charge on any atom is -0.286 e. The Kier molecular flexibility index (Phi) is 1.55. The fourth-order valence-corrected chi connectivity index (χ4v) is 2.01. The van der Waals surface area contributed by atoms with Crippen LogP contribution in [0.2, 0.25) is 0 Å². The van der Waals surface area contributed by atoms with Crippen LogP contribution < -0.4 is 0 Å². The van der Waals surface area contributed by atoms with E-state index in [0.29, 0.717) is 0 Å². The van der Waals surface area contributed by atoms with Crippen LogP contribution in [-0.4, -0.2) is 19.6 Å². The molecule has 0 aliphatic carbocycles. The van der Waals surface area contributed by atoms with Crippen LogP contribution in [-0.2, 0) is 0 Å². The third kappa shape index (κ3) is 0.957. The molecular weight excluding hydrogens is 244 g/mol. The first-order chi connectivity index (χ1) is 6.86. The van der Waals surface area contributed by atoms with Crippen molar-refractivity contribution in [3.8, 4) is 0 Å². The Balaban J connectivity index is 2.67. The third-order valence-corrected chi connectivity index (χ3v) is 2.73. The molecule has 3 rings (SSSR count). The Morgan fingerprint density at radius 1 is 1.36 bits per heavy atom. The molecule has 0 bridgehead atoms. The molecule has 0 amide bonds. The highest BCUT2D eigenvalue weighted by Crippen LogP contribution is 2.24. The average Bonchev–Trinajstić information content (AvgIpc) is 2.66. The van der Waals surface area contributed by atoms with Crippen molar-refractivity contribution in [2.45, 2.75) is 0 Å². The number of pyridine rings is 2. The first-order valence-corrected chi connectivity index (χ1v) is 4.88. The van der Waals surface area contributed by atoms with Crippen LogP contribution in [0.3, 0.4) is 0 Å². The maximum Gasteiger partial charge on any atom is 0.187 e. The molecule has 0 unspecified atom stereocenters. The molecule has 0 aromatic carbocycles. The first kappa shape index (κ1) is 7.87. The fraction of sp³-hybridized carbons (Fsp3) is 0. The summed E-state index contributed by atoms with van der Waals surface area (Å²) in [7, 11) is 0. The number of hydrogen-bond donors (Lipinski definition) is 0. The Hall–Kier alpha value is -1.49. The first-order valence-electron chi connectivity index (χ1n) is 4.09. The average molecular weight is 249 g/mol. The Morgan fingerprint density at radius 3 is 3.21 bits per heavy atom. The van der Waals surface area contributed by atoms with E-state index in [1.54, 1.807) is 12.5 Å². The van der Waals surface area contributed by atoms with Crippen LogP contribution in [0, 0.1) is 0 Å². The topological polar surface area (TPSA) is 43.1 Å². The lowest BCUT2D eigenvalue weighted by Gasteiger charge is -2.00. The molecule has 14 heavy (non-hydrogen) atoms. The molecule has 3 aromatic rings. The highest BCUT2D eigenvalue weighted by Gasteiger charge is 2.06. The minimum absolute atomic E-state index is 0.781. The summed E-state index contributed by atoms with van der Waals surface area (Å²) in [5, 5.41) is 8.91. The summed E-state index contributed by atoms with van der Waals surface area (Å²) >= 11 is 3.49. The monoisotopic (exact) mass is 248 g/mol. The molecule has 0 radical (unpaired) electrons. The quantitative estimate of drug-likeness (QED) is 0.612. The molecule has 5 heteroatoms. The van der Waals surface area contributed by atoms with Crippen molar-refractivity contribution in [1.29, 1.82) is 0 Å². The molecule has 68 valence electrons. The van der Waals surface area contributed by atoms with Gasteiger partial charge in [0.05, 0.1) is 0 Å². The van der Waals surface area contributed by atoms with E-state index in [2.05, 4.69) is 31.1 Å². The predicted molar refractivity (Wildman–Crippen MR) is 56.0 cm³/mol. The zero-order chi connectivity index (χ0) is 9.54. The number of aromatic nitrogens is 4. The maximum absolute atomic E-state index is 4.29. The Morgan fingerprint density at radius 2 is 2.29 bits per heavy atom.